The zero-order valence-corrected chi connectivity index (χ0v) is 24.1. The third-order valence-electron chi connectivity index (χ3n) is 7.48. The van der Waals surface area contributed by atoms with E-state index in [1.165, 1.54) is 30.3 Å². The highest BCUT2D eigenvalue weighted by molar-refractivity contribution is 7.90. The maximum Gasteiger partial charge on any atom is 0.460 e. The van der Waals surface area contributed by atoms with Crippen molar-refractivity contribution in [2.75, 3.05) is 0 Å². The maximum atomic E-state index is 15.5. The van der Waals surface area contributed by atoms with Crippen molar-refractivity contribution in [2.24, 2.45) is 0 Å². The first-order valence-electron chi connectivity index (χ1n) is 12.8. The van der Waals surface area contributed by atoms with Gasteiger partial charge in [0.25, 0.3) is 10.0 Å². The van der Waals surface area contributed by atoms with Gasteiger partial charge in [0.2, 0.25) is 0 Å². The molecule has 0 heterocycles. The first-order chi connectivity index (χ1) is 22.3. The molecule has 1 atom stereocenters. The van der Waals surface area contributed by atoms with E-state index in [1.807, 2.05) is 0 Å². The number of sulfonamides is 1. The summed E-state index contributed by atoms with van der Waals surface area (Å²) >= 11 is 0. The molecule has 0 saturated heterocycles. The zero-order chi connectivity index (χ0) is 38.5. The van der Waals surface area contributed by atoms with E-state index in [1.54, 1.807) is 0 Å². The van der Waals surface area contributed by atoms with Crippen LogP contribution < -0.4 is 10.3 Å². The van der Waals surface area contributed by atoms with Crippen LogP contribution in [-0.4, -0.2) is 61.8 Å². The van der Waals surface area contributed by atoms with Gasteiger partial charge in [-0.2, -0.15) is 74.6 Å². The quantitative estimate of drug-likeness (QED) is 0.0857. The van der Waals surface area contributed by atoms with E-state index in [0.29, 0.717) is 16.2 Å². The summed E-state index contributed by atoms with van der Waals surface area (Å²) in [6.07, 6.45) is -13.4. The summed E-state index contributed by atoms with van der Waals surface area (Å²) in [4.78, 5) is -0.275. The van der Waals surface area contributed by atoms with Gasteiger partial charge in [-0.15, -0.1) is 4.83 Å². The average molecular weight is 778 g/mol. The van der Waals surface area contributed by atoms with E-state index in [4.69, 9.17) is 0 Å². The van der Waals surface area contributed by atoms with Crippen molar-refractivity contribution in [2.45, 2.75) is 59.4 Å². The second-order valence-corrected chi connectivity index (χ2v) is 12.3. The Hall–Kier alpha value is -3.54. The molecule has 0 radical (unpaired) electrons. The third-order valence-corrected chi connectivity index (χ3v) is 8.80. The van der Waals surface area contributed by atoms with Gasteiger partial charge in [-0.1, -0.05) is 42.5 Å². The van der Waals surface area contributed by atoms with E-state index in [9.17, 15) is 83.1 Å². The fourth-order valence-corrected chi connectivity index (χ4v) is 5.66. The lowest BCUT2D eigenvalue weighted by atomic mass is 9.87. The molecule has 0 amide bonds. The van der Waals surface area contributed by atoms with E-state index >= 15 is 8.78 Å². The fraction of sp³-hybridized carbons (Fsp3) is 0.385. The van der Waals surface area contributed by atoms with Crippen molar-refractivity contribution in [3.63, 3.8) is 0 Å². The second kappa shape index (κ2) is 11.5. The highest BCUT2D eigenvalue weighted by atomic mass is 32.2. The molecule has 0 bridgehead atoms. The molecule has 4 aromatic carbocycles. The van der Waals surface area contributed by atoms with Gasteiger partial charge >= 0.3 is 53.4 Å². The molecule has 50 heavy (non-hydrogen) atoms. The van der Waals surface area contributed by atoms with Crippen LogP contribution in [0.5, 0.6) is 0 Å². The lowest BCUT2D eigenvalue weighted by Gasteiger charge is -2.40. The summed E-state index contributed by atoms with van der Waals surface area (Å²) in [5.41, 5.74) is -1.47. The van der Waals surface area contributed by atoms with Crippen molar-refractivity contribution in [3.8, 4) is 0 Å². The third kappa shape index (κ3) is 5.34. The molecule has 4 nitrogen and oxygen atoms in total. The number of rotatable bonds is 12. The van der Waals surface area contributed by atoms with Crippen LogP contribution in [0.3, 0.4) is 0 Å². The highest BCUT2D eigenvalue weighted by Crippen LogP contribution is 2.58. The molecule has 4 rings (SSSR count). The van der Waals surface area contributed by atoms with E-state index < -0.39 is 75.0 Å². The van der Waals surface area contributed by atoms with Crippen molar-refractivity contribution < 1.29 is 91.8 Å². The second-order valence-electron chi connectivity index (χ2n) is 10.6. The Labute approximate surface area is 264 Å². The summed E-state index contributed by atoms with van der Waals surface area (Å²) in [5.74, 6) is -45.9. The molecule has 0 spiro atoms. The van der Waals surface area contributed by atoms with Crippen LogP contribution in [0.2, 0.25) is 0 Å². The molecule has 0 saturated carbocycles. The molecule has 0 aliphatic heterocycles. The molecule has 2 N–H and O–H groups in total. The van der Waals surface area contributed by atoms with Gasteiger partial charge in [0.1, 0.15) is 6.04 Å². The van der Waals surface area contributed by atoms with Crippen molar-refractivity contribution in [1.82, 2.24) is 10.3 Å². The van der Waals surface area contributed by atoms with Crippen LogP contribution in [0, 0.1) is 0 Å². The van der Waals surface area contributed by atoms with Gasteiger partial charge in [0.05, 0.1) is 0 Å². The summed E-state index contributed by atoms with van der Waals surface area (Å²) in [6.45, 7) is 0. The van der Waals surface area contributed by atoms with Crippen molar-refractivity contribution in [1.29, 1.82) is 0 Å². The van der Waals surface area contributed by atoms with Crippen LogP contribution >= 0.6 is 0 Å². The number of hydrogen-bond acceptors (Lipinski definition) is 3. The van der Waals surface area contributed by atoms with Crippen LogP contribution in [0.15, 0.2) is 54.6 Å². The first-order valence-corrected chi connectivity index (χ1v) is 14.2. The monoisotopic (exact) mass is 778 g/mol. The van der Waals surface area contributed by atoms with Gasteiger partial charge in [-0.25, -0.2) is 22.6 Å². The Morgan fingerprint density at radius 1 is 0.520 bits per heavy atom. The predicted molar refractivity (Wildman–Crippen MR) is 135 cm³/mol. The number of alkyl halides is 19. The number of halogens is 19. The topological polar surface area (TPSA) is 58.2 Å². The molecule has 0 aliphatic carbocycles. The average Bonchev–Trinajstić information content (AvgIpc) is 2.98. The van der Waals surface area contributed by atoms with E-state index in [0.717, 1.165) is 12.1 Å². The van der Waals surface area contributed by atoms with Crippen LogP contribution in [-0.2, 0) is 10.0 Å². The molecular formula is C26H13F19N2O2S. The number of benzene rings is 4. The van der Waals surface area contributed by atoms with E-state index in [2.05, 4.69) is 0 Å². The summed E-state index contributed by atoms with van der Waals surface area (Å²) < 4.78 is 285. The Morgan fingerprint density at radius 2 is 0.920 bits per heavy atom. The Morgan fingerprint density at radius 3 is 1.34 bits per heavy atom. The Kier molecular flexibility index (Phi) is 9.01. The Bertz CT molecular complexity index is 1950. The minimum atomic E-state index is -8.02. The standard InChI is InChI=1S/C26H13F19N2O2S/c27-18(28)20(31,32)22(35,36)21(33,34)19(29,30)17(46-47-50(48,49)26(44,45)24(39,40)23(37,38)25(41,42)43)14-8-12-6-4-10-2-1-3-11-5-7-13(9-14)16(12)15(10)11/h1-9,17-18,46-47H. The van der Waals surface area contributed by atoms with Gasteiger partial charge in [0.15, 0.2) is 0 Å². The van der Waals surface area contributed by atoms with Gasteiger partial charge in [-0.05, 0) is 50.0 Å². The predicted octanol–water partition coefficient (Wildman–Crippen LogP) is 9.28. The summed E-state index contributed by atoms with van der Waals surface area (Å²) in [5, 5.41) is -7.25. The fourth-order valence-electron chi connectivity index (χ4n) is 4.79. The smallest absolute Gasteiger partial charge is 0.230 e. The molecule has 0 aliphatic rings. The number of hydrogen-bond donors (Lipinski definition) is 2. The molecule has 278 valence electrons. The molecule has 0 aromatic heterocycles. The molecule has 0 fully saturated rings. The SMILES string of the molecule is O=S(=O)(NNC(c1cc2ccc3cccc4ccc(c1)c2c34)C(F)(F)C(F)(F)C(F)(F)C(F)(F)C(F)F)C(F)(F)C(F)(F)C(F)(F)C(F)(F)F. The summed E-state index contributed by atoms with van der Waals surface area (Å²) in [6, 6.07) is 5.09. The van der Waals surface area contributed by atoms with Gasteiger partial charge in [-0.3, -0.25) is 0 Å². The maximum absolute atomic E-state index is 15.5. The highest BCUT2D eigenvalue weighted by Gasteiger charge is 2.86. The molecule has 4 aromatic rings. The number of nitrogens with one attached hydrogen (secondary N) is 2. The summed E-state index contributed by atoms with van der Waals surface area (Å²) in [7, 11) is -8.00. The molecule has 24 heteroatoms. The number of hydrazine groups is 1. The van der Waals surface area contributed by atoms with E-state index in [-0.39, 0.29) is 38.5 Å². The minimum Gasteiger partial charge on any atom is -0.230 e. The van der Waals surface area contributed by atoms with Crippen LogP contribution in [0.25, 0.3) is 32.3 Å². The molecule has 1 unspecified atom stereocenters. The lowest BCUT2D eigenvalue weighted by molar-refractivity contribution is -0.388. The van der Waals surface area contributed by atoms with Crippen LogP contribution in [0.4, 0.5) is 83.4 Å². The molecular weight excluding hydrogens is 765 g/mol. The van der Waals surface area contributed by atoms with Crippen molar-refractivity contribution in [3.05, 3.63) is 60.2 Å². The zero-order valence-electron chi connectivity index (χ0n) is 23.3. The van der Waals surface area contributed by atoms with Crippen LogP contribution in [0.1, 0.15) is 11.6 Å². The minimum absolute atomic E-state index is 0.0499. The normalized spacial score (nSPS) is 15.9. The first kappa shape index (κ1) is 39.2. The van der Waals surface area contributed by atoms with Gasteiger partial charge < -0.3 is 0 Å². The largest absolute Gasteiger partial charge is 0.460 e. The van der Waals surface area contributed by atoms with Gasteiger partial charge in [0, 0.05) is 0 Å². The lowest BCUT2D eigenvalue weighted by Crippen LogP contribution is -2.69. The van der Waals surface area contributed by atoms with Crippen molar-refractivity contribution >= 4 is 42.3 Å². The Balaban J connectivity index is 1.94.